The summed E-state index contributed by atoms with van der Waals surface area (Å²) in [6.07, 6.45) is 3.89. The molecule has 0 aromatic carbocycles. The molecule has 0 bridgehead atoms. The predicted octanol–water partition coefficient (Wildman–Crippen LogP) is 0.928. The average Bonchev–Trinajstić information content (AvgIpc) is 2.95. The fourth-order valence-electron chi connectivity index (χ4n) is 2.93. The van der Waals surface area contributed by atoms with E-state index in [1.165, 1.54) is 0 Å². The van der Waals surface area contributed by atoms with Gasteiger partial charge in [0.05, 0.1) is 12.1 Å². The maximum atomic E-state index is 11.5. The quantitative estimate of drug-likeness (QED) is 0.424. The van der Waals surface area contributed by atoms with Gasteiger partial charge in [-0.05, 0) is 32.9 Å². The van der Waals surface area contributed by atoms with E-state index in [1.807, 2.05) is 24.9 Å². The summed E-state index contributed by atoms with van der Waals surface area (Å²) in [4.78, 5) is 13.5. The van der Waals surface area contributed by atoms with E-state index in [-0.39, 0.29) is 5.76 Å². The number of hydrogen-bond donors (Lipinski definition) is 3. The number of likely N-dealkylation sites (N-methyl/N-ethyl adjacent to an activating group) is 1. The zero-order valence-electron chi connectivity index (χ0n) is 12.1. The smallest absolute Gasteiger partial charge is 0.301 e. The van der Waals surface area contributed by atoms with Gasteiger partial charge in [0, 0.05) is 12.1 Å². The fraction of sp³-hybridized carbons (Fsp3) is 0.643. The van der Waals surface area contributed by atoms with E-state index in [0.717, 1.165) is 31.2 Å². The molecule has 6 heteroatoms. The van der Waals surface area contributed by atoms with Gasteiger partial charge in [-0.25, -0.2) is 5.84 Å². The maximum absolute atomic E-state index is 11.5. The number of aliphatic hydroxyl groups is 1. The molecule has 1 amide bonds. The van der Waals surface area contributed by atoms with Crippen LogP contribution in [0.5, 0.6) is 0 Å². The summed E-state index contributed by atoms with van der Waals surface area (Å²) in [6.45, 7) is 2.98. The Balaban J connectivity index is 1.97. The predicted molar refractivity (Wildman–Crippen MR) is 74.9 cm³/mol. The van der Waals surface area contributed by atoms with Crippen molar-refractivity contribution in [2.75, 3.05) is 13.6 Å². The Labute approximate surface area is 118 Å². The molecule has 0 spiro atoms. The van der Waals surface area contributed by atoms with Crippen LogP contribution in [-0.4, -0.2) is 35.1 Å². The van der Waals surface area contributed by atoms with E-state index < -0.39 is 11.5 Å². The van der Waals surface area contributed by atoms with Crippen LogP contribution in [0.4, 0.5) is 0 Å². The number of nitrogen functional groups attached to an aromatic ring is 1. The molecule has 1 heterocycles. The number of carbonyl (C=O) groups excluding carboxylic acids is 1. The molecule has 1 aliphatic carbocycles. The summed E-state index contributed by atoms with van der Waals surface area (Å²) in [5.74, 6) is 5.63. The van der Waals surface area contributed by atoms with Crippen molar-refractivity contribution in [3.05, 3.63) is 23.2 Å². The first-order valence-electron chi connectivity index (χ1n) is 6.95. The van der Waals surface area contributed by atoms with Crippen molar-refractivity contribution < 1.29 is 14.3 Å². The van der Waals surface area contributed by atoms with Crippen LogP contribution in [0, 0.1) is 6.92 Å². The average molecular weight is 281 g/mol. The maximum Gasteiger partial charge on any atom is 0.301 e. The first kappa shape index (κ1) is 15.0. The van der Waals surface area contributed by atoms with Gasteiger partial charge in [0.1, 0.15) is 5.76 Å². The fourth-order valence-corrected chi connectivity index (χ4v) is 2.93. The topological polar surface area (TPSA) is 91.7 Å². The van der Waals surface area contributed by atoms with E-state index in [0.29, 0.717) is 18.8 Å². The number of hydrazine groups is 1. The zero-order chi connectivity index (χ0) is 14.8. The molecule has 4 N–H and O–H groups in total. The van der Waals surface area contributed by atoms with Crippen molar-refractivity contribution >= 4 is 5.91 Å². The highest BCUT2D eigenvalue weighted by Gasteiger charge is 2.32. The number of rotatable bonds is 5. The van der Waals surface area contributed by atoms with E-state index >= 15 is 0 Å². The third-order valence-corrected chi connectivity index (χ3v) is 3.83. The molecule has 6 nitrogen and oxygen atoms in total. The van der Waals surface area contributed by atoms with Gasteiger partial charge < -0.3 is 9.52 Å². The minimum atomic E-state index is -0.576. The molecule has 0 unspecified atom stereocenters. The molecule has 20 heavy (non-hydrogen) atoms. The Morgan fingerprint density at radius 2 is 2.20 bits per heavy atom. The Bertz CT molecular complexity index is 478. The van der Waals surface area contributed by atoms with Crippen LogP contribution < -0.4 is 11.3 Å². The number of nitrogens with zero attached hydrogens (tertiary/aromatic N) is 1. The highest BCUT2D eigenvalue weighted by molar-refractivity contribution is 5.92. The number of nitrogens with one attached hydrogen (secondary N) is 1. The van der Waals surface area contributed by atoms with Crippen LogP contribution in [0.25, 0.3) is 0 Å². The first-order chi connectivity index (χ1) is 9.43. The van der Waals surface area contributed by atoms with Crippen molar-refractivity contribution in [1.82, 2.24) is 10.3 Å². The first-order valence-corrected chi connectivity index (χ1v) is 6.95. The van der Waals surface area contributed by atoms with Gasteiger partial charge in [-0.15, -0.1) is 0 Å². The van der Waals surface area contributed by atoms with Crippen molar-refractivity contribution in [3.8, 4) is 0 Å². The van der Waals surface area contributed by atoms with Gasteiger partial charge in [0.25, 0.3) is 0 Å². The molecule has 1 fully saturated rings. The Morgan fingerprint density at radius 3 is 2.80 bits per heavy atom. The van der Waals surface area contributed by atoms with Crippen molar-refractivity contribution in [1.29, 1.82) is 0 Å². The van der Waals surface area contributed by atoms with Crippen LogP contribution in [0.1, 0.15) is 47.6 Å². The highest BCUT2D eigenvalue weighted by Crippen LogP contribution is 2.30. The summed E-state index contributed by atoms with van der Waals surface area (Å²) in [6, 6.07) is 1.83. The van der Waals surface area contributed by atoms with Gasteiger partial charge in [0.15, 0.2) is 5.76 Å². The Kier molecular flexibility index (Phi) is 4.47. The van der Waals surface area contributed by atoms with Crippen LogP contribution in [0.3, 0.4) is 0 Å². The van der Waals surface area contributed by atoms with E-state index in [9.17, 15) is 9.90 Å². The van der Waals surface area contributed by atoms with E-state index in [2.05, 4.69) is 5.43 Å². The van der Waals surface area contributed by atoms with Crippen LogP contribution >= 0.6 is 0 Å². The minimum absolute atomic E-state index is 0.246. The minimum Gasteiger partial charge on any atom is -0.454 e. The molecule has 112 valence electrons. The molecular formula is C14H23N3O3. The van der Waals surface area contributed by atoms with Gasteiger partial charge in [-0.1, -0.05) is 12.8 Å². The van der Waals surface area contributed by atoms with Gasteiger partial charge in [0.2, 0.25) is 0 Å². The number of furan rings is 1. The monoisotopic (exact) mass is 281 g/mol. The van der Waals surface area contributed by atoms with E-state index in [1.54, 1.807) is 0 Å². The largest absolute Gasteiger partial charge is 0.454 e. The lowest BCUT2D eigenvalue weighted by Crippen LogP contribution is -2.38. The summed E-state index contributed by atoms with van der Waals surface area (Å²) >= 11 is 0. The van der Waals surface area contributed by atoms with Crippen molar-refractivity contribution in [2.24, 2.45) is 5.84 Å². The lowest BCUT2D eigenvalue weighted by atomic mass is 10.0. The van der Waals surface area contributed by atoms with Crippen LogP contribution in [-0.2, 0) is 6.54 Å². The third kappa shape index (κ3) is 3.39. The molecule has 0 saturated heterocycles. The molecule has 0 atom stereocenters. The van der Waals surface area contributed by atoms with Gasteiger partial charge >= 0.3 is 5.91 Å². The summed E-state index contributed by atoms with van der Waals surface area (Å²) < 4.78 is 5.52. The molecular weight excluding hydrogens is 258 g/mol. The summed E-state index contributed by atoms with van der Waals surface area (Å²) in [5.41, 5.74) is 2.25. The molecule has 1 aromatic heterocycles. The number of hydrogen-bond acceptors (Lipinski definition) is 5. The highest BCUT2D eigenvalue weighted by atomic mass is 16.4. The molecule has 0 aliphatic heterocycles. The standard InChI is InChI=1S/C14H23N3O3/c1-10-7-11(20-12(10)13(18)16-15)8-17(2)9-14(19)5-3-4-6-14/h7,19H,3-6,8-9,15H2,1-2H3,(H,16,18). The summed E-state index contributed by atoms with van der Waals surface area (Å²) in [5, 5.41) is 10.4. The zero-order valence-corrected chi connectivity index (χ0v) is 12.1. The van der Waals surface area contributed by atoms with Crippen molar-refractivity contribution in [3.63, 3.8) is 0 Å². The SMILES string of the molecule is Cc1cc(CN(C)CC2(O)CCCC2)oc1C(=O)NN. The molecule has 1 saturated carbocycles. The molecule has 1 aliphatic rings. The Morgan fingerprint density at radius 1 is 1.55 bits per heavy atom. The normalized spacial score (nSPS) is 17.6. The van der Waals surface area contributed by atoms with Crippen LogP contribution in [0.2, 0.25) is 0 Å². The number of aryl methyl sites for hydroxylation is 1. The number of carbonyl (C=O) groups is 1. The second-order valence-corrected chi connectivity index (χ2v) is 5.80. The number of amides is 1. The van der Waals surface area contributed by atoms with Gasteiger partial charge in [-0.2, -0.15) is 0 Å². The van der Waals surface area contributed by atoms with Crippen LogP contribution in [0.15, 0.2) is 10.5 Å². The lowest BCUT2D eigenvalue weighted by molar-refractivity contribution is 0.0130. The Hall–Kier alpha value is -1.37. The molecule has 1 aromatic rings. The number of nitrogens with two attached hydrogens (primary N) is 1. The molecule has 0 radical (unpaired) electrons. The second-order valence-electron chi connectivity index (χ2n) is 5.80. The lowest BCUT2D eigenvalue weighted by Gasteiger charge is -2.27. The second kappa shape index (κ2) is 5.95. The molecule has 2 rings (SSSR count). The van der Waals surface area contributed by atoms with Crippen molar-refractivity contribution in [2.45, 2.75) is 44.8 Å². The third-order valence-electron chi connectivity index (χ3n) is 3.83. The summed E-state index contributed by atoms with van der Waals surface area (Å²) in [7, 11) is 1.94. The van der Waals surface area contributed by atoms with Gasteiger partial charge in [-0.3, -0.25) is 15.1 Å². The van der Waals surface area contributed by atoms with E-state index in [4.69, 9.17) is 10.3 Å².